The van der Waals surface area contributed by atoms with Crippen LogP contribution in [0.3, 0.4) is 0 Å². The second-order valence-electron chi connectivity index (χ2n) is 6.42. The Morgan fingerprint density at radius 1 is 0.957 bits per heavy atom. The van der Waals surface area contributed by atoms with Crippen LogP contribution in [0.5, 0.6) is 0 Å². The molecular formula is C19H26N4. The Kier molecular flexibility index (Phi) is 4.94. The number of piperazine rings is 1. The molecule has 2 N–H and O–H groups in total. The SMILES string of the molecule is CC(C)N1CCN(c2ccc(-c3ccc(CN)cc3)cn2)CC1. The molecule has 122 valence electrons. The zero-order chi connectivity index (χ0) is 16.2. The molecule has 0 radical (unpaired) electrons. The van der Waals surface area contributed by atoms with E-state index in [1.165, 1.54) is 5.56 Å². The highest BCUT2D eigenvalue weighted by atomic mass is 15.3. The van der Waals surface area contributed by atoms with Gasteiger partial charge in [0, 0.05) is 50.5 Å². The second kappa shape index (κ2) is 7.11. The van der Waals surface area contributed by atoms with E-state index in [4.69, 9.17) is 5.73 Å². The number of rotatable bonds is 4. The molecule has 0 aliphatic carbocycles. The van der Waals surface area contributed by atoms with Gasteiger partial charge in [0.1, 0.15) is 5.82 Å². The lowest BCUT2D eigenvalue weighted by molar-refractivity contribution is 0.209. The standard InChI is InChI=1S/C19H26N4/c1-15(2)22-9-11-23(12-10-22)19-8-7-18(14-21-19)17-5-3-16(13-20)4-6-17/h3-8,14-15H,9-13,20H2,1-2H3. The fourth-order valence-electron chi connectivity index (χ4n) is 3.04. The molecule has 0 atom stereocenters. The second-order valence-corrected chi connectivity index (χ2v) is 6.42. The summed E-state index contributed by atoms with van der Waals surface area (Å²) in [5.41, 5.74) is 9.14. The summed E-state index contributed by atoms with van der Waals surface area (Å²) in [5, 5.41) is 0. The zero-order valence-corrected chi connectivity index (χ0v) is 14.1. The minimum absolute atomic E-state index is 0.583. The molecule has 0 bridgehead atoms. The van der Waals surface area contributed by atoms with E-state index >= 15 is 0 Å². The van der Waals surface area contributed by atoms with Gasteiger partial charge in [-0.3, -0.25) is 4.90 Å². The van der Waals surface area contributed by atoms with Gasteiger partial charge in [0.05, 0.1) is 0 Å². The van der Waals surface area contributed by atoms with E-state index in [9.17, 15) is 0 Å². The van der Waals surface area contributed by atoms with E-state index in [2.05, 4.69) is 65.0 Å². The van der Waals surface area contributed by atoms with E-state index < -0.39 is 0 Å². The summed E-state index contributed by atoms with van der Waals surface area (Å²) >= 11 is 0. The van der Waals surface area contributed by atoms with Crippen LogP contribution in [0.25, 0.3) is 11.1 Å². The van der Waals surface area contributed by atoms with E-state index in [1.54, 1.807) is 0 Å². The Labute approximate surface area is 138 Å². The van der Waals surface area contributed by atoms with Crippen molar-refractivity contribution in [2.45, 2.75) is 26.4 Å². The first-order valence-corrected chi connectivity index (χ1v) is 8.42. The molecule has 0 spiro atoms. The van der Waals surface area contributed by atoms with Gasteiger partial charge in [-0.1, -0.05) is 24.3 Å². The normalized spacial score (nSPS) is 16.1. The fraction of sp³-hybridized carbons (Fsp3) is 0.421. The molecule has 1 fully saturated rings. The number of aromatic nitrogens is 1. The summed E-state index contributed by atoms with van der Waals surface area (Å²) < 4.78 is 0. The largest absolute Gasteiger partial charge is 0.354 e. The van der Waals surface area contributed by atoms with Crippen molar-refractivity contribution in [1.29, 1.82) is 0 Å². The van der Waals surface area contributed by atoms with Crippen molar-refractivity contribution in [2.24, 2.45) is 5.73 Å². The predicted octanol–water partition coefficient (Wildman–Crippen LogP) is 2.74. The lowest BCUT2D eigenvalue weighted by Gasteiger charge is -2.37. The van der Waals surface area contributed by atoms with Crippen LogP contribution in [0.4, 0.5) is 5.82 Å². The van der Waals surface area contributed by atoms with Gasteiger partial charge in [-0.05, 0) is 37.1 Å². The van der Waals surface area contributed by atoms with Gasteiger partial charge < -0.3 is 10.6 Å². The third-order valence-corrected chi connectivity index (χ3v) is 4.64. The third kappa shape index (κ3) is 3.71. The van der Waals surface area contributed by atoms with Crippen LogP contribution < -0.4 is 10.6 Å². The quantitative estimate of drug-likeness (QED) is 0.943. The summed E-state index contributed by atoms with van der Waals surface area (Å²) in [6, 6.07) is 13.3. The van der Waals surface area contributed by atoms with Gasteiger partial charge in [0.15, 0.2) is 0 Å². The van der Waals surface area contributed by atoms with Crippen molar-refractivity contribution in [1.82, 2.24) is 9.88 Å². The Bertz CT molecular complexity index is 611. The molecule has 1 aromatic heterocycles. The lowest BCUT2D eigenvalue weighted by Crippen LogP contribution is -2.49. The summed E-state index contributed by atoms with van der Waals surface area (Å²) in [6.45, 7) is 9.44. The maximum absolute atomic E-state index is 5.65. The molecule has 4 heteroatoms. The van der Waals surface area contributed by atoms with Crippen molar-refractivity contribution in [3.63, 3.8) is 0 Å². The first-order chi connectivity index (χ1) is 11.2. The molecule has 1 aliphatic rings. The van der Waals surface area contributed by atoms with E-state index in [0.717, 1.165) is 43.1 Å². The molecule has 2 aromatic rings. The lowest BCUT2D eigenvalue weighted by atomic mass is 10.1. The van der Waals surface area contributed by atoms with Crippen LogP contribution in [0.15, 0.2) is 42.6 Å². The topological polar surface area (TPSA) is 45.4 Å². The Hall–Kier alpha value is -1.91. The van der Waals surface area contributed by atoms with Gasteiger partial charge in [-0.2, -0.15) is 0 Å². The first-order valence-electron chi connectivity index (χ1n) is 8.42. The van der Waals surface area contributed by atoms with E-state index in [-0.39, 0.29) is 0 Å². The molecule has 1 aliphatic heterocycles. The van der Waals surface area contributed by atoms with Crippen molar-refractivity contribution in [3.8, 4) is 11.1 Å². The Morgan fingerprint density at radius 3 is 2.13 bits per heavy atom. The minimum atomic E-state index is 0.583. The highest BCUT2D eigenvalue weighted by Crippen LogP contribution is 2.22. The van der Waals surface area contributed by atoms with Crippen LogP contribution in [-0.2, 0) is 6.54 Å². The van der Waals surface area contributed by atoms with Crippen LogP contribution in [0.1, 0.15) is 19.4 Å². The van der Waals surface area contributed by atoms with Gasteiger partial charge in [-0.25, -0.2) is 4.98 Å². The van der Waals surface area contributed by atoms with Gasteiger partial charge in [0.2, 0.25) is 0 Å². The summed E-state index contributed by atoms with van der Waals surface area (Å²) in [5.74, 6) is 1.08. The number of hydrogen-bond acceptors (Lipinski definition) is 4. The molecule has 0 amide bonds. The van der Waals surface area contributed by atoms with Crippen LogP contribution in [0, 0.1) is 0 Å². The van der Waals surface area contributed by atoms with Crippen LogP contribution >= 0.6 is 0 Å². The number of nitrogens with two attached hydrogens (primary N) is 1. The average Bonchev–Trinajstić information content (AvgIpc) is 2.62. The summed E-state index contributed by atoms with van der Waals surface area (Å²) in [4.78, 5) is 9.57. The van der Waals surface area contributed by atoms with Crippen LogP contribution in [0.2, 0.25) is 0 Å². The average molecular weight is 310 g/mol. The highest BCUT2D eigenvalue weighted by molar-refractivity contribution is 5.64. The molecule has 1 aromatic carbocycles. The van der Waals surface area contributed by atoms with Crippen molar-refractivity contribution >= 4 is 5.82 Å². The number of pyridine rings is 1. The molecule has 4 nitrogen and oxygen atoms in total. The number of hydrogen-bond donors (Lipinski definition) is 1. The van der Waals surface area contributed by atoms with E-state index in [1.807, 2.05) is 6.20 Å². The molecular weight excluding hydrogens is 284 g/mol. The molecule has 3 rings (SSSR count). The summed E-state index contributed by atoms with van der Waals surface area (Å²) in [7, 11) is 0. The smallest absolute Gasteiger partial charge is 0.128 e. The zero-order valence-electron chi connectivity index (χ0n) is 14.1. The van der Waals surface area contributed by atoms with Gasteiger partial charge >= 0.3 is 0 Å². The maximum Gasteiger partial charge on any atom is 0.128 e. The third-order valence-electron chi connectivity index (χ3n) is 4.64. The molecule has 0 unspecified atom stereocenters. The number of nitrogens with zero attached hydrogens (tertiary/aromatic N) is 3. The number of anilines is 1. The minimum Gasteiger partial charge on any atom is -0.354 e. The predicted molar refractivity (Wildman–Crippen MR) is 96.5 cm³/mol. The first kappa shape index (κ1) is 16.0. The van der Waals surface area contributed by atoms with Crippen molar-refractivity contribution in [3.05, 3.63) is 48.2 Å². The maximum atomic E-state index is 5.65. The summed E-state index contributed by atoms with van der Waals surface area (Å²) in [6.07, 6.45) is 1.97. The van der Waals surface area contributed by atoms with Crippen molar-refractivity contribution in [2.75, 3.05) is 31.1 Å². The Balaban J connectivity index is 1.67. The molecule has 2 heterocycles. The molecule has 1 saturated heterocycles. The van der Waals surface area contributed by atoms with Gasteiger partial charge in [-0.15, -0.1) is 0 Å². The fourth-order valence-corrected chi connectivity index (χ4v) is 3.04. The van der Waals surface area contributed by atoms with E-state index in [0.29, 0.717) is 12.6 Å². The molecule has 23 heavy (non-hydrogen) atoms. The van der Waals surface area contributed by atoms with Crippen LogP contribution in [-0.4, -0.2) is 42.1 Å². The molecule has 0 saturated carbocycles. The highest BCUT2D eigenvalue weighted by Gasteiger charge is 2.19. The van der Waals surface area contributed by atoms with Gasteiger partial charge in [0.25, 0.3) is 0 Å². The monoisotopic (exact) mass is 310 g/mol. The number of benzene rings is 1. The Morgan fingerprint density at radius 2 is 1.61 bits per heavy atom. The van der Waals surface area contributed by atoms with Crippen molar-refractivity contribution < 1.29 is 0 Å².